The lowest BCUT2D eigenvalue weighted by Gasteiger charge is -2.34. The number of aliphatic hydroxyl groups excluding tert-OH is 1. The summed E-state index contributed by atoms with van der Waals surface area (Å²) in [6, 6.07) is 8.74. The molecule has 0 bridgehead atoms. The number of amides is 3. The fourth-order valence-corrected chi connectivity index (χ4v) is 4.64. The number of nitrogens with one attached hydrogen (secondary N) is 2. The highest BCUT2D eigenvalue weighted by Crippen LogP contribution is 2.30. The number of carbonyl (C=O) groups excluding carboxylic acids is 3. The molecular formula is C31H44ClN3O6. The van der Waals surface area contributed by atoms with Crippen LogP contribution in [-0.2, 0) is 14.3 Å². The average molecular weight is 590 g/mol. The molecule has 0 aliphatic rings. The van der Waals surface area contributed by atoms with Gasteiger partial charge in [-0.1, -0.05) is 74.9 Å². The Labute approximate surface area is 248 Å². The smallest absolute Gasteiger partial charge is 0.408 e. The predicted octanol–water partition coefficient (Wildman–Crippen LogP) is 6.11. The summed E-state index contributed by atoms with van der Waals surface area (Å²) < 4.78 is 5.29. The normalized spacial score (nSPS) is 12.8. The van der Waals surface area contributed by atoms with Crippen molar-refractivity contribution in [3.05, 3.63) is 58.6 Å². The number of alkyl carbamates (subject to hydrolysis) is 1. The van der Waals surface area contributed by atoms with Gasteiger partial charge in [0.05, 0.1) is 17.3 Å². The number of phenols is 1. The van der Waals surface area contributed by atoms with Gasteiger partial charge in [-0.25, -0.2) is 4.79 Å². The number of aromatic hydroxyl groups is 1. The molecule has 0 aliphatic heterocycles. The van der Waals surface area contributed by atoms with E-state index in [1.54, 1.807) is 45.0 Å². The van der Waals surface area contributed by atoms with Crippen LogP contribution < -0.4 is 10.6 Å². The highest BCUT2D eigenvalue weighted by atomic mass is 35.5. The molecular weight excluding hydrogens is 546 g/mol. The van der Waals surface area contributed by atoms with Crippen LogP contribution in [0.3, 0.4) is 0 Å². The number of hydrogen-bond donors (Lipinski definition) is 4. The van der Waals surface area contributed by atoms with Crippen LogP contribution >= 0.6 is 11.6 Å². The van der Waals surface area contributed by atoms with E-state index >= 15 is 0 Å². The number of hydrogen-bond acceptors (Lipinski definition) is 6. The van der Waals surface area contributed by atoms with Crippen molar-refractivity contribution < 1.29 is 29.3 Å². The van der Waals surface area contributed by atoms with Gasteiger partial charge >= 0.3 is 6.09 Å². The van der Waals surface area contributed by atoms with E-state index in [9.17, 15) is 24.6 Å². The largest absolute Gasteiger partial charge is 0.508 e. The summed E-state index contributed by atoms with van der Waals surface area (Å²) in [6.07, 6.45) is 4.84. The van der Waals surface area contributed by atoms with Gasteiger partial charge in [0.1, 0.15) is 23.4 Å². The lowest BCUT2D eigenvalue weighted by molar-refractivity contribution is -0.141. The highest BCUT2D eigenvalue weighted by molar-refractivity contribution is 6.34. The fraction of sp³-hybridized carbons (Fsp3) is 0.516. The first-order chi connectivity index (χ1) is 19.4. The van der Waals surface area contributed by atoms with Gasteiger partial charge in [0, 0.05) is 6.54 Å². The number of rotatable bonds is 14. The molecule has 0 heterocycles. The van der Waals surface area contributed by atoms with Crippen molar-refractivity contribution >= 4 is 35.2 Å². The zero-order chi connectivity index (χ0) is 30.6. The lowest BCUT2D eigenvalue weighted by atomic mass is 10.0. The molecule has 2 aromatic carbocycles. The minimum Gasteiger partial charge on any atom is -0.508 e. The van der Waals surface area contributed by atoms with E-state index in [4.69, 9.17) is 16.3 Å². The Bertz CT molecular complexity index is 1130. The summed E-state index contributed by atoms with van der Waals surface area (Å²) in [4.78, 5) is 41.8. The van der Waals surface area contributed by atoms with Crippen molar-refractivity contribution in [3.8, 4) is 5.75 Å². The molecule has 41 heavy (non-hydrogen) atoms. The molecule has 4 N–H and O–H groups in total. The van der Waals surface area contributed by atoms with E-state index in [2.05, 4.69) is 17.6 Å². The average Bonchev–Trinajstić information content (AvgIpc) is 2.90. The summed E-state index contributed by atoms with van der Waals surface area (Å²) in [5, 5.41) is 25.7. The van der Waals surface area contributed by atoms with Crippen LogP contribution in [0.2, 0.25) is 5.02 Å². The first kappa shape index (κ1) is 33.9. The number of ether oxygens (including phenoxy) is 1. The maximum atomic E-state index is 14.0. The van der Waals surface area contributed by atoms with Gasteiger partial charge in [-0.2, -0.15) is 0 Å². The van der Waals surface area contributed by atoms with Crippen molar-refractivity contribution in [3.63, 3.8) is 0 Å². The zero-order valence-electron chi connectivity index (χ0n) is 24.7. The first-order valence-electron chi connectivity index (χ1n) is 14.1. The molecule has 2 unspecified atom stereocenters. The van der Waals surface area contributed by atoms with E-state index in [1.807, 2.05) is 13.0 Å². The standard InChI is InChI=1S/C31H44ClN3O6/c1-6-7-8-9-10-11-19-35(29(39)25(20-36)33-30(40)41-31(3,4)5)27(22-15-17-23(37)18-16-22)28(38)34-26-21(2)13-12-14-24(26)32/h12-18,25,27,36-37H,6-11,19-20H2,1-5H3,(H,33,40)(H,34,38). The minimum absolute atomic E-state index is 0.00323. The SMILES string of the molecule is CCCCCCCCN(C(=O)C(CO)NC(=O)OC(C)(C)C)C(C(=O)Nc1c(C)cccc1Cl)c1ccc(O)cc1. The summed E-state index contributed by atoms with van der Waals surface area (Å²) in [6.45, 7) is 8.51. The van der Waals surface area contributed by atoms with Crippen molar-refractivity contribution in [2.45, 2.75) is 90.8 Å². The maximum Gasteiger partial charge on any atom is 0.408 e. The Morgan fingerprint density at radius 1 is 1.00 bits per heavy atom. The zero-order valence-corrected chi connectivity index (χ0v) is 25.5. The monoisotopic (exact) mass is 589 g/mol. The number of carbonyl (C=O) groups is 3. The molecule has 2 aromatic rings. The van der Waals surface area contributed by atoms with Gasteiger partial charge in [-0.15, -0.1) is 0 Å². The van der Waals surface area contributed by atoms with Gasteiger partial charge in [-0.3, -0.25) is 9.59 Å². The van der Waals surface area contributed by atoms with E-state index in [1.165, 1.54) is 17.0 Å². The highest BCUT2D eigenvalue weighted by Gasteiger charge is 2.36. The summed E-state index contributed by atoms with van der Waals surface area (Å²) in [5.41, 5.74) is 0.787. The molecule has 10 heteroatoms. The third-order valence-corrected chi connectivity index (χ3v) is 6.76. The number of unbranched alkanes of at least 4 members (excludes halogenated alkanes) is 5. The second-order valence-electron chi connectivity index (χ2n) is 11.1. The molecule has 0 spiro atoms. The predicted molar refractivity (Wildman–Crippen MR) is 161 cm³/mol. The van der Waals surface area contributed by atoms with Crippen LogP contribution in [0.5, 0.6) is 5.75 Å². The number of para-hydroxylation sites is 1. The molecule has 3 amide bonds. The van der Waals surface area contributed by atoms with Crippen LogP contribution in [0.4, 0.5) is 10.5 Å². The molecule has 0 saturated carbocycles. The Morgan fingerprint density at radius 2 is 1.63 bits per heavy atom. The van der Waals surface area contributed by atoms with Gasteiger partial charge in [0.15, 0.2) is 0 Å². The number of benzene rings is 2. The van der Waals surface area contributed by atoms with Crippen LogP contribution in [0, 0.1) is 6.92 Å². The van der Waals surface area contributed by atoms with Crippen LogP contribution in [0.1, 0.15) is 83.4 Å². The van der Waals surface area contributed by atoms with E-state index in [0.717, 1.165) is 37.7 Å². The Kier molecular flexibility index (Phi) is 13.4. The van der Waals surface area contributed by atoms with Gasteiger partial charge in [0.2, 0.25) is 5.91 Å². The molecule has 0 aliphatic carbocycles. The van der Waals surface area contributed by atoms with Crippen molar-refractivity contribution in [2.24, 2.45) is 0 Å². The molecule has 0 radical (unpaired) electrons. The van der Waals surface area contributed by atoms with Gasteiger partial charge in [0.25, 0.3) is 5.91 Å². The topological polar surface area (TPSA) is 128 Å². The van der Waals surface area contributed by atoms with Crippen molar-refractivity contribution in [2.75, 3.05) is 18.5 Å². The van der Waals surface area contributed by atoms with E-state index in [-0.39, 0.29) is 12.3 Å². The number of aryl methyl sites for hydroxylation is 1. The molecule has 0 fully saturated rings. The van der Waals surface area contributed by atoms with E-state index < -0.39 is 42.2 Å². The summed E-state index contributed by atoms with van der Waals surface area (Å²) >= 11 is 6.39. The van der Waals surface area contributed by atoms with E-state index in [0.29, 0.717) is 22.7 Å². The third-order valence-electron chi connectivity index (χ3n) is 6.45. The second-order valence-corrected chi connectivity index (χ2v) is 11.5. The summed E-state index contributed by atoms with van der Waals surface area (Å²) in [5.74, 6) is -1.17. The minimum atomic E-state index is -1.35. The summed E-state index contributed by atoms with van der Waals surface area (Å²) in [7, 11) is 0. The van der Waals surface area contributed by atoms with Crippen LogP contribution in [0.25, 0.3) is 0 Å². The van der Waals surface area contributed by atoms with Gasteiger partial charge < -0.3 is 30.5 Å². The first-order valence-corrected chi connectivity index (χ1v) is 14.5. The molecule has 9 nitrogen and oxygen atoms in total. The number of anilines is 1. The lowest BCUT2D eigenvalue weighted by Crippen LogP contribution is -2.54. The van der Waals surface area contributed by atoms with Crippen LogP contribution in [0.15, 0.2) is 42.5 Å². The molecule has 2 atom stereocenters. The van der Waals surface area contributed by atoms with Crippen LogP contribution in [-0.4, -0.2) is 57.8 Å². The molecule has 0 saturated heterocycles. The maximum absolute atomic E-state index is 14.0. The molecule has 226 valence electrons. The fourth-order valence-electron chi connectivity index (χ4n) is 4.38. The molecule has 0 aromatic heterocycles. The number of aliphatic hydroxyl groups is 1. The Hall–Kier alpha value is -3.30. The number of phenolic OH excluding ortho intramolecular Hbond substituents is 1. The van der Waals surface area contributed by atoms with Crippen molar-refractivity contribution in [1.29, 1.82) is 0 Å². The van der Waals surface area contributed by atoms with Crippen molar-refractivity contribution in [1.82, 2.24) is 10.2 Å². The number of nitrogens with zero attached hydrogens (tertiary/aromatic N) is 1. The Morgan fingerprint density at radius 3 is 2.22 bits per heavy atom. The van der Waals surface area contributed by atoms with Gasteiger partial charge in [-0.05, 0) is 63.4 Å². The quantitative estimate of drug-likeness (QED) is 0.197. The second kappa shape index (κ2) is 16.2. The Balaban J connectivity index is 2.47. The molecule has 2 rings (SSSR count). The third kappa shape index (κ3) is 10.9. The number of halogens is 1.